The van der Waals surface area contributed by atoms with Gasteiger partial charge in [-0.1, -0.05) is 0 Å². The second kappa shape index (κ2) is 2.33. The first-order valence-corrected chi connectivity index (χ1v) is 4.66. The zero-order chi connectivity index (χ0) is 7.97. The summed E-state index contributed by atoms with van der Waals surface area (Å²) >= 11 is 0. The Kier molecular flexibility index (Phi) is 1.29. The lowest BCUT2D eigenvalue weighted by Crippen LogP contribution is -2.48. The third kappa shape index (κ3) is 0.966. The van der Waals surface area contributed by atoms with E-state index in [9.17, 15) is 0 Å². The molecule has 12 heavy (non-hydrogen) atoms. The lowest BCUT2D eigenvalue weighted by atomic mass is 10.1. The first-order valence-electron chi connectivity index (χ1n) is 4.66. The molecule has 64 valence electrons. The molecule has 0 aromatic carbocycles. The van der Waals surface area contributed by atoms with Crippen molar-refractivity contribution in [1.29, 1.82) is 0 Å². The molecule has 1 aliphatic heterocycles. The van der Waals surface area contributed by atoms with Gasteiger partial charge >= 0.3 is 0 Å². The van der Waals surface area contributed by atoms with Gasteiger partial charge in [-0.05, 0) is 18.9 Å². The van der Waals surface area contributed by atoms with Gasteiger partial charge in [0.15, 0.2) is 0 Å². The van der Waals surface area contributed by atoms with Crippen LogP contribution in [0.4, 0.5) is 0 Å². The summed E-state index contributed by atoms with van der Waals surface area (Å²) in [6, 6.07) is 3.58. The number of rotatable bonds is 2. The van der Waals surface area contributed by atoms with Crippen molar-refractivity contribution >= 4 is 0 Å². The van der Waals surface area contributed by atoms with Crippen molar-refractivity contribution in [2.45, 2.75) is 24.9 Å². The minimum atomic E-state index is 0.653. The van der Waals surface area contributed by atoms with Gasteiger partial charge in [-0.2, -0.15) is 5.10 Å². The lowest BCUT2D eigenvalue weighted by molar-refractivity contribution is 0.0903. The van der Waals surface area contributed by atoms with Crippen LogP contribution >= 0.6 is 0 Å². The Morgan fingerprint density at radius 3 is 2.58 bits per heavy atom. The molecule has 0 N–H and O–H groups in total. The molecule has 0 radical (unpaired) electrons. The summed E-state index contributed by atoms with van der Waals surface area (Å²) < 4.78 is 2.08. The Balaban J connectivity index is 1.62. The summed E-state index contributed by atoms with van der Waals surface area (Å²) in [4.78, 5) is 2.56. The molecule has 0 atom stereocenters. The molecule has 3 heteroatoms. The van der Waals surface area contributed by atoms with Crippen molar-refractivity contribution in [3.8, 4) is 0 Å². The van der Waals surface area contributed by atoms with Crippen LogP contribution in [-0.4, -0.2) is 33.8 Å². The predicted octanol–water partition coefficient (Wildman–Crippen LogP) is 0.902. The molecular formula is C9H13N3. The Bertz CT molecular complexity index is 257. The maximum absolute atomic E-state index is 4.24. The highest BCUT2D eigenvalue weighted by Crippen LogP contribution is 2.34. The van der Waals surface area contributed by atoms with E-state index in [-0.39, 0.29) is 0 Å². The molecule has 3 rings (SSSR count). The molecule has 0 spiro atoms. The van der Waals surface area contributed by atoms with E-state index >= 15 is 0 Å². The Hall–Kier alpha value is -0.830. The van der Waals surface area contributed by atoms with Gasteiger partial charge < -0.3 is 0 Å². The number of hydrogen-bond donors (Lipinski definition) is 0. The second-order valence-electron chi connectivity index (χ2n) is 3.82. The SMILES string of the molecule is c1cnn(C2CN(C3CC3)C2)c1. The van der Waals surface area contributed by atoms with E-state index in [4.69, 9.17) is 0 Å². The van der Waals surface area contributed by atoms with Gasteiger partial charge in [-0.3, -0.25) is 9.58 Å². The molecule has 3 nitrogen and oxygen atoms in total. The molecule has 0 amide bonds. The average molecular weight is 163 g/mol. The number of nitrogens with zero attached hydrogens (tertiary/aromatic N) is 3. The van der Waals surface area contributed by atoms with Crippen LogP contribution in [0.3, 0.4) is 0 Å². The van der Waals surface area contributed by atoms with Crippen molar-refractivity contribution in [3.63, 3.8) is 0 Å². The van der Waals surface area contributed by atoms with Crippen molar-refractivity contribution in [1.82, 2.24) is 14.7 Å². The van der Waals surface area contributed by atoms with Crippen LogP contribution < -0.4 is 0 Å². The second-order valence-corrected chi connectivity index (χ2v) is 3.82. The van der Waals surface area contributed by atoms with Crippen molar-refractivity contribution in [3.05, 3.63) is 18.5 Å². The first-order chi connectivity index (χ1) is 5.93. The van der Waals surface area contributed by atoms with Crippen LogP contribution in [0.1, 0.15) is 18.9 Å². The summed E-state index contributed by atoms with van der Waals surface area (Å²) in [6.45, 7) is 2.43. The van der Waals surface area contributed by atoms with Crippen LogP contribution in [0, 0.1) is 0 Å². The fraction of sp³-hybridized carbons (Fsp3) is 0.667. The van der Waals surface area contributed by atoms with Gasteiger partial charge in [0.05, 0.1) is 6.04 Å². The quantitative estimate of drug-likeness (QED) is 0.646. The van der Waals surface area contributed by atoms with Crippen LogP contribution in [-0.2, 0) is 0 Å². The van der Waals surface area contributed by atoms with Crippen molar-refractivity contribution in [2.75, 3.05) is 13.1 Å². The molecule has 2 aliphatic rings. The summed E-state index contributed by atoms with van der Waals surface area (Å²) in [5.41, 5.74) is 0. The highest BCUT2D eigenvalue weighted by molar-refractivity contribution is 4.96. The molecule has 2 heterocycles. The summed E-state index contributed by atoms with van der Waals surface area (Å²) in [6.07, 6.45) is 6.77. The predicted molar refractivity (Wildman–Crippen MR) is 45.9 cm³/mol. The van der Waals surface area contributed by atoms with E-state index in [1.165, 1.54) is 25.9 Å². The lowest BCUT2D eigenvalue weighted by Gasteiger charge is -2.39. The fourth-order valence-corrected chi connectivity index (χ4v) is 1.89. The minimum absolute atomic E-state index is 0.653. The Labute approximate surface area is 72.0 Å². The smallest absolute Gasteiger partial charge is 0.0772 e. The molecule has 1 saturated heterocycles. The third-order valence-electron chi connectivity index (χ3n) is 2.85. The fourth-order valence-electron chi connectivity index (χ4n) is 1.89. The number of aromatic nitrogens is 2. The van der Waals surface area contributed by atoms with Gasteiger partial charge in [0.25, 0.3) is 0 Å². The maximum atomic E-state index is 4.24. The van der Waals surface area contributed by atoms with Gasteiger partial charge in [-0.25, -0.2) is 0 Å². The molecule has 1 saturated carbocycles. The van der Waals surface area contributed by atoms with Gasteiger partial charge in [-0.15, -0.1) is 0 Å². The van der Waals surface area contributed by atoms with E-state index in [1.807, 2.05) is 12.3 Å². The van der Waals surface area contributed by atoms with Crippen molar-refractivity contribution in [2.24, 2.45) is 0 Å². The minimum Gasteiger partial charge on any atom is -0.296 e. The largest absolute Gasteiger partial charge is 0.296 e. The van der Waals surface area contributed by atoms with E-state index < -0.39 is 0 Å². The van der Waals surface area contributed by atoms with E-state index in [0.717, 1.165) is 6.04 Å². The monoisotopic (exact) mass is 163 g/mol. The van der Waals surface area contributed by atoms with Crippen molar-refractivity contribution < 1.29 is 0 Å². The maximum Gasteiger partial charge on any atom is 0.0772 e. The summed E-state index contributed by atoms with van der Waals surface area (Å²) in [5, 5.41) is 4.24. The van der Waals surface area contributed by atoms with Crippen LogP contribution in [0.5, 0.6) is 0 Å². The van der Waals surface area contributed by atoms with Crippen LogP contribution in [0.15, 0.2) is 18.5 Å². The normalized spacial score (nSPS) is 25.7. The highest BCUT2D eigenvalue weighted by Gasteiger charge is 2.38. The molecule has 0 unspecified atom stereocenters. The van der Waals surface area contributed by atoms with E-state index in [0.29, 0.717) is 6.04 Å². The third-order valence-corrected chi connectivity index (χ3v) is 2.85. The molecule has 2 fully saturated rings. The Morgan fingerprint density at radius 1 is 1.17 bits per heavy atom. The summed E-state index contributed by atoms with van der Waals surface area (Å²) in [5.74, 6) is 0. The standard InChI is InChI=1S/C9H13N3/c1-4-10-12(5-1)9-6-11(7-9)8-2-3-8/h1,4-5,8-9H,2-3,6-7H2. The summed E-state index contributed by atoms with van der Waals surface area (Å²) in [7, 11) is 0. The van der Waals surface area contributed by atoms with Crippen LogP contribution in [0.2, 0.25) is 0 Å². The van der Waals surface area contributed by atoms with Crippen LogP contribution in [0.25, 0.3) is 0 Å². The molecule has 1 aromatic heterocycles. The van der Waals surface area contributed by atoms with E-state index in [2.05, 4.69) is 20.9 Å². The zero-order valence-electron chi connectivity index (χ0n) is 7.06. The number of hydrogen-bond acceptors (Lipinski definition) is 2. The first kappa shape index (κ1) is 6.66. The molecular weight excluding hydrogens is 150 g/mol. The average Bonchev–Trinajstić information content (AvgIpc) is 2.63. The topological polar surface area (TPSA) is 21.1 Å². The molecule has 1 aromatic rings. The molecule has 1 aliphatic carbocycles. The van der Waals surface area contributed by atoms with Gasteiger partial charge in [0, 0.05) is 31.5 Å². The Morgan fingerprint density at radius 2 is 2.00 bits per heavy atom. The van der Waals surface area contributed by atoms with E-state index in [1.54, 1.807) is 0 Å². The zero-order valence-corrected chi connectivity index (χ0v) is 7.06. The molecule has 0 bridgehead atoms. The highest BCUT2D eigenvalue weighted by atomic mass is 15.4. The van der Waals surface area contributed by atoms with Gasteiger partial charge in [0.1, 0.15) is 0 Å². The number of likely N-dealkylation sites (tertiary alicyclic amines) is 1. The van der Waals surface area contributed by atoms with Gasteiger partial charge in [0.2, 0.25) is 0 Å².